The van der Waals surface area contributed by atoms with Gasteiger partial charge in [0.25, 0.3) is 0 Å². The summed E-state index contributed by atoms with van der Waals surface area (Å²) < 4.78 is 0. The smallest absolute Gasteiger partial charge is 0.244 e. The van der Waals surface area contributed by atoms with Crippen LogP contribution >= 0.6 is 0 Å². The second kappa shape index (κ2) is 4.82. The SMILES string of the molecule is CCC1(C)NC(C)N(C2CCN(C)CC2C)C1=O. The Morgan fingerprint density at radius 1 is 1.44 bits per heavy atom. The lowest BCUT2D eigenvalue weighted by Gasteiger charge is -2.41. The molecule has 2 aliphatic heterocycles. The van der Waals surface area contributed by atoms with Crippen LogP contribution in [0, 0.1) is 5.92 Å². The molecule has 4 nitrogen and oxygen atoms in total. The van der Waals surface area contributed by atoms with E-state index < -0.39 is 0 Å². The quantitative estimate of drug-likeness (QED) is 0.805. The van der Waals surface area contributed by atoms with Crippen molar-refractivity contribution < 1.29 is 4.79 Å². The molecule has 0 bridgehead atoms. The highest BCUT2D eigenvalue weighted by molar-refractivity contribution is 5.88. The maximum Gasteiger partial charge on any atom is 0.244 e. The Morgan fingerprint density at radius 3 is 2.61 bits per heavy atom. The lowest BCUT2D eigenvalue weighted by atomic mass is 9.91. The van der Waals surface area contributed by atoms with E-state index >= 15 is 0 Å². The van der Waals surface area contributed by atoms with Gasteiger partial charge in [-0.3, -0.25) is 10.1 Å². The average Bonchev–Trinajstić information content (AvgIpc) is 2.52. The second-order valence-electron chi connectivity index (χ2n) is 6.31. The summed E-state index contributed by atoms with van der Waals surface area (Å²) in [5.74, 6) is 0.843. The van der Waals surface area contributed by atoms with Gasteiger partial charge in [-0.25, -0.2) is 0 Å². The van der Waals surface area contributed by atoms with Gasteiger partial charge in [-0.2, -0.15) is 0 Å². The Balaban J connectivity index is 2.16. The number of amides is 1. The zero-order valence-electron chi connectivity index (χ0n) is 12.4. The fourth-order valence-corrected chi connectivity index (χ4v) is 3.50. The number of carbonyl (C=O) groups excluding carboxylic acids is 1. The van der Waals surface area contributed by atoms with Crippen LogP contribution < -0.4 is 5.32 Å². The minimum Gasteiger partial charge on any atom is -0.322 e. The molecule has 0 saturated carbocycles. The monoisotopic (exact) mass is 253 g/mol. The summed E-state index contributed by atoms with van der Waals surface area (Å²) in [6, 6.07) is 0.393. The molecule has 0 aromatic rings. The third-order valence-corrected chi connectivity index (χ3v) is 4.78. The summed E-state index contributed by atoms with van der Waals surface area (Å²) in [4.78, 5) is 17.1. The maximum absolute atomic E-state index is 12.6. The van der Waals surface area contributed by atoms with Crippen molar-refractivity contribution in [2.45, 2.75) is 58.3 Å². The van der Waals surface area contributed by atoms with Crippen molar-refractivity contribution in [1.29, 1.82) is 0 Å². The fraction of sp³-hybridized carbons (Fsp3) is 0.929. The largest absolute Gasteiger partial charge is 0.322 e. The van der Waals surface area contributed by atoms with Gasteiger partial charge in [0.15, 0.2) is 0 Å². The summed E-state index contributed by atoms with van der Waals surface area (Å²) >= 11 is 0. The number of nitrogens with zero attached hydrogens (tertiary/aromatic N) is 2. The number of likely N-dealkylation sites (tertiary alicyclic amines) is 1. The van der Waals surface area contributed by atoms with E-state index in [4.69, 9.17) is 0 Å². The molecule has 0 aliphatic carbocycles. The summed E-state index contributed by atoms with van der Waals surface area (Å²) in [6.45, 7) is 10.7. The van der Waals surface area contributed by atoms with Crippen LogP contribution in [0.2, 0.25) is 0 Å². The van der Waals surface area contributed by atoms with Crippen molar-refractivity contribution in [2.75, 3.05) is 20.1 Å². The zero-order valence-corrected chi connectivity index (χ0v) is 12.4. The van der Waals surface area contributed by atoms with Crippen LogP contribution in [0.1, 0.15) is 40.5 Å². The molecule has 2 fully saturated rings. The predicted octanol–water partition coefficient (Wildman–Crippen LogP) is 1.27. The molecular weight excluding hydrogens is 226 g/mol. The van der Waals surface area contributed by atoms with E-state index in [0.717, 1.165) is 25.9 Å². The van der Waals surface area contributed by atoms with E-state index in [1.165, 1.54) is 0 Å². The lowest BCUT2D eigenvalue weighted by Crippen LogP contribution is -2.53. The van der Waals surface area contributed by atoms with Gasteiger partial charge >= 0.3 is 0 Å². The minimum absolute atomic E-state index is 0.165. The van der Waals surface area contributed by atoms with Gasteiger partial charge in [0.1, 0.15) is 0 Å². The topological polar surface area (TPSA) is 35.6 Å². The molecule has 0 radical (unpaired) electrons. The Labute approximate surface area is 111 Å². The Bertz CT molecular complexity index is 333. The van der Waals surface area contributed by atoms with Gasteiger partial charge in [-0.05, 0) is 46.2 Å². The lowest BCUT2D eigenvalue weighted by molar-refractivity contribution is -0.137. The molecule has 1 amide bonds. The molecule has 4 unspecified atom stereocenters. The molecule has 4 atom stereocenters. The Hall–Kier alpha value is -0.610. The molecule has 1 N–H and O–H groups in total. The van der Waals surface area contributed by atoms with Crippen molar-refractivity contribution in [1.82, 2.24) is 15.1 Å². The van der Waals surface area contributed by atoms with E-state index in [1.807, 2.05) is 6.92 Å². The molecule has 0 aromatic carbocycles. The van der Waals surface area contributed by atoms with Gasteiger partial charge in [0.2, 0.25) is 5.91 Å². The van der Waals surface area contributed by atoms with E-state index in [0.29, 0.717) is 17.9 Å². The first-order chi connectivity index (χ1) is 8.39. The molecule has 4 heteroatoms. The first-order valence-electron chi connectivity index (χ1n) is 7.18. The maximum atomic E-state index is 12.6. The summed E-state index contributed by atoms with van der Waals surface area (Å²) in [5.41, 5.74) is -0.359. The van der Waals surface area contributed by atoms with Crippen molar-refractivity contribution in [3.63, 3.8) is 0 Å². The average molecular weight is 253 g/mol. The van der Waals surface area contributed by atoms with Crippen LogP contribution in [0.4, 0.5) is 0 Å². The van der Waals surface area contributed by atoms with Crippen molar-refractivity contribution in [2.24, 2.45) is 5.92 Å². The molecule has 2 saturated heterocycles. The van der Waals surface area contributed by atoms with Crippen LogP contribution in [0.3, 0.4) is 0 Å². The number of carbonyl (C=O) groups is 1. The van der Waals surface area contributed by atoms with Crippen LogP contribution in [-0.2, 0) is 4.79 Å². The number of rotatable bonds is 2. The van der Waals surface area contributed by atoms with Gasteiger partial charge < -0.3 is 9.80 Å². The second-order valence-corrected chi connectivity index (χ2v) is 6.31. The van der Waals surface area contributed by atoms with E-state index in [2.05, 4.69) is 42.9 Å². The fourth-order valence-electron chi connectivity index (χ4n) is 3.50. The molecule has 18 heavy (non-hydrogen) atoms. The minimum atomic E-state index is -0.359. The van der Waals surface area contributed by atoms with Crippen LogP contribution in [0.25, 0.3) is 0 Å². The third-order valence-electron chi connectivity index (χ3n) is 4.78. The molecule has 104 valence electrons. The van der Waals surface area contributed by atoms with E-state index in [9.17, 15) is 4.79 Å². The summed E-state index contributed by atoms with van der Waals surface area (Å²) in [7, 11) is 2.16. The third kappa shape index (κ3) is 2.16. The first-order valence-corrected chi connectivity index (χ1v) is 7.18. The zero-order chi connectivity index (χ0) is 13.5. The molecule has 2 rings (SSSR count). The normalized spacial score (nSPS) is 42.6. The van der Waals surface area contributed by atoms with Crippen LogP contribution in [0.5, 0.6) is 0 Å². The molecule has 2 heterocycles. The summed E-state index contributed by atoms with van der Waals surface area (Å²) in [6.07, 6.45) is 2.11. The molecule has 2 aliphatic rings. The van der Waals surface area contributed by atoms with Crippen molar-refractivity contribution >= 4 is 5.91 Å². The van der Waals surface area contributed by atoms with Gasteiger partial charge in [-0.1, -0.05) is 13.8 Å². The van der Waals surface area contributed by atoms with Gasteiger partial charge in [-0.15, -0.1) is 0 Å². The predicted molar refractivity (Wildman–Crippen MR) is 73.2 cm³/mol. The van der Waals surface area contributed by atoms with Gasteiger partial charge in [0.05, 0.1) is 11.7 Å². The molecule has 0 spiro atoms. The Morgan fingerprint density at radius 2 is 2.11 bits per heavy atom. The van der Waals surface area contributed by atoms with E-state index in [-0.39, 0.29) is 11.7 Å². The number of hydrogen-bond donors (Lipinski definition) is 1. The molecular formula is C14H27N3O. The van der Waals surface area contributed by atoms with E-state index in [1.54, 1.807) is 0 Å². The van der Waals surface area contributed by atoms with Crippen molar-refractivity contribution in [3.8, 4) is 0 Å². The highest BCUT2D eigenvalue weighted by Crippen LogP contribution is 2.31. The van der Waals surface area contributed by atoms with Crippen molar-refractivity contribution in [3.05, 3.63) is 0 Å². The number of piperidine rings is 1. The Kier molecular flexibility index (Phi) is 3.70. The van der Waals surface area contributed by atoms with Gasteiger partial charge in [0, 0.05) is 12.6 Å². The highest BCUT2D eigenvalue weighted by atomic mass is 16.2. The highest BCUT2D eigenvalue weighted by Gasteiger charge is 2.48. The number of hydrogen-bond acceptors (Lipinski definition) is 3. The van der Waals surface area contributed by atoms with Crippen LogP contribution in [0.15, 0.2) is 0 Å². The first kappa shape index (κ1) is 13.8. The number of nitrogens with one attached hydrogen (secondary N) is 1. The standard InChI is InChI=1S/C14H27N3O/c1-6-14(4)13(18)17(11(3)15-14)12-7-8-16(5)9-10(12)2/h10-12,15H,6-9H2,1-5H3. The van der Waals surface area contributed by atoms with Crippen LogP contribution in [-0.4, -0.2) is 53.6 Å². The summed E-state index contributed by atoms with van der Waals surface area (Å²) in [5, 5.41) is 3.47. The molecule has 0 aromatic heterocycles.